The van der Waals surface area contributed by atoms with Crippen LogP contribution >= 0.6 is 0 Å². The highest BCUT2D eigenvalue weighted by atomic mass is 16.5. The molecule has 0 aliphatic heterocycles. The Bertz CT molecular complexity index is 709. The summed E-state index contributed by atoms with van der Waals surface area (Å²) in [5.41, 5.74) is 6.14. The Kier molecular flexibility index (Phi) is 3.53. The van der Waals surface area contributed by atoms with Crippen LogP contribution in [-0.2, 0) is 0 Å². The van der Waals surface area contributed by atoms with E-state index in [0.717, 1.165) is 5.75 Å². The maximum absolute atomic E-state index is 5.27. The molecule has 0 unspecified atom stereocenters. The summed E-state index contributed by atoms with van der Waals surface area (Å²) in [4.78, 5) is 2.11. The molecular weight excluding hydrogens is 258 g/mol. The van der Waals surface area contributed by atoms with Crippen molar-refractivity contribution in [3.63, 3.8) is 0 Å². The predicted molar refractivity (Wildman–Crippen MR) is 90.7 cm³/mol. The molecule has 0 radical (unpaired) electrons. The zero-order chi connectivity index (χ0) is 14.8. The molecule has 0 spiro atoms. The second kappa shape index (κ2) is 5.49. The number of allylic oxidation sites excluding steroid dienone is 2. The highest BCUT2D eigenvalue weighted by molar-refractivity contribution is 5.97. The first-order valence-corrected chi connectivity index (χ1v) is 7.03. The first-order chi connectivity index (χ1) is 10.2. The molecular formula is C19H19NO. The number of fused-ring (bicyclic) bond motifs is 1. The van der Waals surface area contributed by atoms with E-state index in [4.69, 9.17) is 4.74 Å². The van der Waals surface area contributed by atoms with Crippen molar-refractivity contribution in [2.45, 2.75) is 0 Å². The Labute approximate surface area is 126 Å². The summed E-state index contributed by atoms with van der Waals surface area (Å²) < 4.78 is 5.27. The van der Waals surface area contributed by atoms with E-state index < -0.39 is 0 Å². The molecule has 2 nitrogen and oxygen atoms in total. The van der Waals surface area contributed by atoms with E-state index in [-0.39, 0.29) is 0 Å². The molecule has 1 aliphatic rings. The van der Waals surface area contributed by atoms with Crippen molar-refractivity contribution in [2.75, 3.05) is 26.1 Å². The molecule has 0 atom stereocenters. The van der Waals surface area contributed by atoms with E-state index in [0.29, 0.717) is 0 Å². The molecule has 2 aromatic carbocycles. The number of rotatable bonds is 3. The Balaban J connectivity index is 1.91. The lowest BCUT2D eigenvalue weighted by atomic mass is 10.0. The molecule has 3 rings (SSSR count). The highest BCUT2D eigenvalue weighted by Crippen LogP contribution is 2.33. The molecule has 0 amide bonds. The number of ether oxygens (including phenoxy) is 1. The standard InChI is InChI=1S/C19H19NO/c1-20(2)17-8-4-14(5-9-17)12-15-6-7-16-13-18(21-3)10-11-19(15)16/h4-13H,1-3H3/b15-12-. The molecule has 0 saturated carbocycles. The van der Waals surface area contributed by atoms with Crippen molar-refractivity contribution in [1.82, 2.24) is 0 Å². The highest BCUT2D eigenvalue weighted by Gasteiger charge is 2.11. The van der Waals surface area contributed by atoms with E-state index in [1.807, 2.05) is 6.07 Å². The van der Waals surface area contributed by atoms with Crippen molar-refractivity contribution >= 4 is 23.4 Å². The largest absolute Gasteiger partial charge is 0.497 e. The van der Waals surface area contributed by atoms with E-state index >= 15 is 0 Å². The van der Waals surface area contributed by atoms with Crippen LogP contribution in [0.3, 0.4) is 0 Å². The van der Waals surface area contributed by atoms with Crippen LogP contribution in [0.15, 0.2) is 48.5 Å². The van der Waals surface area contributed by atoms with Crippen LogP contribution in [0, 0.1) is 0 Å². The lowest BCUT2D eigenvalue weighted by Crippen LogP contribution is -2.07. The van der Waals surface area contributed by atoms with Gasteiger partial charge < -0.3 is 9.64 Å². The number of hydrogen-bond acceptors (Lipinski definition) is 2. The Morgan fingerprint density at radius 3 is 2.38 bits per heavy atom. The van der Waals surface area contributed by atoms with Gasteiger partial charge in [0.2, 0.25) is 0 Å². The van der Waals surface area contributed by atoms with Crippen LogP contribution in [0.4, 0.5) is 5.69 Å². The fourth-order valence-corrected chi connectivity index (χ4v) is 2.51. The average Bonchev–Trinajstić information content (AvgIpc) is 2.90. The molecule has 0 N–H and O–H groups in total. The van der Waals surface area contributed by atoms with Crippen molar-refractivity contribution in [3.8, 4) is 5.75 Å². The topological polar surface area (TPSA) is 12.5 Å². The second-order valence-electron chi connectivity index (χ2n) is 5.37. The monoisotopic (exact) mass is 277 g/mol. The van der Waals surface area contributed by atoms with E-state index in [2.05, 4.69) is 73.6 Å². The number of hydrogen-bond donors (Lipinski definition) is 0. The fraction of sp³-hybridized carbons (Fsp3) is 0.158. The molecule has 0 bridgehead atoms. The number of anilines is 1. The maximum Gasteiger partial charge on any atom is 0.119 e. The summed E-state index contributed by atoms with van der Waals surface area (Å²) in [7, 11) is 5.80. The SMILES string of the molecule is COc1ccc2c(c1)C=C/C2=C/c1ccc(N(C)C)cc1. The van der Waals surface area contributed by atoms with Gasteiger partial charge in [-0.1, -0.05) is 30.4 Å². The first kappa shape index (κ1) is 13.5. The van der Waals surface area contributed by atoms with Gasteiger partial charge in [0.1, 0.15) is 5.75 Å². The van der Waals surface area contributed by atoms with Gasteiger partial charge in [-0.3, -0.25) is 0 Å². The van der Waals surface area contributed by atoms with Gasteiger partial charge in [0, 0.05) is 19.8 Å². The lowest BCUT2D eigenvalue weighted by Gasteiger charge is -2.12. The zero-order valence-corrected chi connectivity index (χ0v) is 12.6. The third-order valence-electron chi connectivity index (χ3n) is 3.74. The predicted octanol–water partition coefficient (Wildman–Crippen LogP) is 4.33. The van der Waals surface area contributed by atoms with Crippen molar-refractivity contribution < 1.29 is 4.74 Å². The third-order valence-corrected chi connectivity index (χ3v) is 3.74. The summed E-state index contributed by atoms with van der Waals surface area (Å²) >= 11 is 0. The molecule has 0 saturated heterocycles. The molecule has 0 aromatic heterocycles. The van der Waals surface area contributed by atoms with E-state index in [9.17, 15) is 0 Å². The minimum Gasteiger partial charge on any atom is -0.497 e. The first-order valence-electron chi connectivity index (χ1n) is 7.03. The van der Waals surface area contributed by atoms with E-state index in [1.165, 1.54) is 28.0 Å². The molecule has 21 heavy (non-hydrogen) atoms. The number of benzene rings is 2. The Morgan fingerprint density at radius 1 is 0.952 bits per heavy atom. The number of nitrogens with zero attached hydrogens (tertiary/aromatic N) is 1. The van der Waals surface area contributed by atoms with Crippen molar-refractivity contribution in [1.29, 1.82) is 0 Å². The summed E-state index contributed by atoms with van der Waals surface area (Å²) in [5.74, 6) is 0.898. The molecule has 0 fully saturated rings. The molecule has 2 heteroatoms. The van der Waals surface area contributed by atoms with Crippen LogP contribution in [0.2, 0.25) is 0 Å². The molecule has 106 valence electrons. The van der Waals surface area contributed by atoms with Gasteiger partial charge >= 0.3 is 0 Å². The van der Waals surface area contributed by atoms with Gasteiger partial charge in [-0.05, 0) is 52.6 Å². The minimum atomic E-state index is 0.898. The molecule has 2 aromatic rings. The third kappa shape index (κ3) is 2.70. The average molecular weight is 277 g/mol. The van der Waals surface area contributed by atoms with Gasteiger partial charge in [0.15, 0.2) is 0 Å². The quantitative estimate of drug-likeness (QED) is 0.828. The summed E-state index contributed by atoms with van der Waals surface area (Å²) in [6, 6.07) is 14.8. The molecule has 1 aliphatic carbocycles. The number of methoxy groups -OCH3 is 1. The lowest BCUT2D eigenvalue weighted by molar-refractivity contribution is 0.414. The normalized spacial score (nSPS) is 14.3. The van der Waals surface area contributed by atoms with Gasteiger partial charge in [0.25, 0.3) is 0 Å². The van der Waals surface area contributed by atoms with E-state index in [1.54, 1.807) is 7.11 Å². The zero-order valence-electron chi connectivity index (χ0n) is 12.6. The molecule has 0 heterocycles. The van der Waals surface area contributed by atoms with Gasteiger partial charge in [-0.2, -0.15) is 0 Å². The summed E-state index contributed by atoms with van der Waals surface area (Å²) in [6.45, 7) is 0. The van der Waals surface area contributed by atoms with Crippen LogP contribution in [-0.4, -0.2) is 21.2 Å². The van der Waals surface area contributed by atoms with Crippen LogP contribution in [0.5, 0.6) is 5.75 Å². The van der Waals surface area contributed by atoms with Gasteiger partial charge in [0.05, 0.1) is 7.11 Å². The van der Waals surface area contributed by atoms with Crippen LogP contribution in [0.1, 0.15) is 16.7 Å². The van der Waals surface area contributed by atoms with Crippen LogP contribution < -0.4 is 9.64 Å². The smallest absolute Gasteiger partial charge is 0.119 e. The fourth-order valence-electron chi connectivity index (χ4n) is 2.51. The Hall–Kier alpha value is -2.48. The minimum absolute atomic E-state index is 0.898. The second-order valence-corrected chi connectivity index (χ2v) is 5.37. The van der Waals surface area contributed by atoms with Crippen molar-refractivity contribution in [2.24, 2.45) is 0 Å². The maximum atomic E-state index is 5.27. The summed E-state index contributed by atoms with van der Waals surface area (Å²) in [5, 5.41) is 0. The Morgan fingerprint density at radius 2 is 1.71 bits per heavy atom. The van der Waals surface area contributed by atoms with Crippen molar-refractivity contribution in [3.05, 3.63) is 65.2 Å². The van der Waals surface area contributed by atoms with Gasteiger partial charge in [-0.15, -0.1) is 0 Å². The van der Waals surface area contributed by atoms with Gasteiger partial charge in [-0.25, -0.2) is 0 Å². The van der Waals surface area contributed by atoms with Crippen LogP contribution in [0.25, 0.3) is 17.7 Å². The summed E-state index contributed by atoms with van der Waals surface area (Å²) in [6.07, 6.45) is 6.51.